The molecule has 3 heterocycles. The molecular weight excluding hydrogens is 304 g/mol. The van der Waals surface area contributed by atoms with Crippen molar-refractivity contribution in [2.75, 3.05) is 18.8 Å². The second-order valence-corrected chi connectivity index (χ2v) is 6.23. The van der Waals surface area contributed by atoms with E-state index in [1.54, 1.807) is 6.07 Å². The normalized spacial score (nSPS) is 17.5. The third-order valence-electron chi connectivity index (χ3n) is 4.51. The van der Waals surface area contributed by atoms with Crippen molar-refractivity contribution >= 4 is 22.8 Å². The van der Waals surface area contributed by atoms with Crippen LogP contribution in [0, 0.1) is 5.92 Å². The van der Waals surface area contributed by atoms with Gasteiger partial charge in [0.25, 0.3) is 5.91 Å². The molecule has 1 aliphatic heterocycles. The van der Waals surface area contributed by atoms with Gasteiger partial charge in [-0.05, 0) is 48.6 Å². The number of hydrogen-bond donors (Lipinski definition) is 2. The Balaban J connectivity index is 1.43. The molecule has 122 valence electrons. The van der Waals surface area contributed by atoms with Crippen LogP contribution in [0.3, 0.4) is 0 Å². The van der Waals surface area contributed by atoms with Crippen LogP contribution in [-0.4, -0.2) is 44.3 Å². The summed E-state index contributed by atoms with van der Waals surface area (Å²) < 4.78 is 0. The molecular formula is C17H18N6O. The van der Waals surface area contributed by atoms with Crippen LogP contribution < -0.4 is 5.73 Å². The Morgan fingerprint density at radius 2 is 2.12 bits per heavy atom. The molecule has 24 heavy (non-hydrogen) atoms. The molecule has 0 bridgehead atoms. The van der Waals surface area contributed by atoms with Crippen molar-refractivity contribution in [1.29, 1.82) is 0 Å². The minimum Gasteiger partial charge on any atom is -0.384 e. The average molecular weight is 322 g/mol. The summed E-state index contributed by atoms with van der Waals surface area (Å²) in [6, 6.07) is 9.24. The Labute approximate surface area is 138 Å². The summed E-state index contributed by atoms with van der Waals surface area (Å²) in [6.07, 6.45) is 3.74. The first-order chi connectivity index (χ1) is 11.7. The number of carbonyl (C=O) groups excluding carboxylic acids is 1. The molecule has 1 saturated heterocycles. The molecule has 3 aromatic rings. The maximum atomic E-state index is 12.7. The summed E-state index contributed by atoms with van der Waals surface area (Å²) in [5, 5.41) is 10.6. The van der Waals surface area contributed by atoms with E-state index >= 15 is 0 Å². The molecule has 0 aliphatic carbocycles. The number of anilines is 1. The van der Waals surface area contributed by atoms with E-state index in [9.17, 15) is 4.79 Å². The molecule has 0 saturated carbocycles. The molecule has 1 fully saturated rings. The van der Waals surface area contributed by atoms with E-state index in [1.165, 1.54) is 0 Å². The molecule has 0 spiro atoms. The number of aromatic nitrogens is 4. The molecule has 1 aliphatic rings. The van der Waals surface area contributed by atoms with Crippen LogP contribution in [0.2, 0.25) is 0 Å². The largest absolute Gasteiger partial charge is 0.384 e. The van der Waals surface area contributed by atoms with E-state index < -0.39 is 0 Å². The Morgan fingerprint density at radius 1 is 1.25 bits per heavy atom. The van der Waals surface area contributed by atoms with Crippen LogP contribution in [0.5, 0.6) is 0 Å². The second kappa shape index (κ2) is 5.92. The van der Waals surface area contributed by atoms with Gasteiger partial charge in [-0.25, -0.2) is 4.98 Å². The fourth-order valence-electron chi connectivity index (χ4n) is 3.23. The van der Waals surface area contributed by atoms with Crippen LogP contribution in [0.4, 0.5) is 5.82 Å². The zero-order chi connectivity index (χ0) is 16.5. The number of hydrogen-bond acceptors (Lipinski definition) is 5. The molecule has 7 nitrogen and oxygen atoms in total. The zero-order valence-corrected chi connectivity index (χ0v) is 13.1. The highest BCUT2D eigenvalue weighted by Crippen LogP contribution is 2.23. The van der Waals surface area contributed by atoms with Gasteiger partial charge in [-0.3, -0.25) is 4.79 Å². The SMILES string of the molecule is Nc1ccc(CC2CCN(C(=O)c3ccc4n[nH]nc4c3)C2)cn1. The molecule has 3 N–H and O–H groups in total. The van der Waals surface area contributed by atoms with E-state index in [-0.39, 0.29) is 5.91 Å². The first kappa shape index (κ1) is 14.6. The van der Waals surface area contributed by atoms with Gasteiger partial charge in [0.05, 0.1) is 0 Å². The summed E-state index contributed by atoms with van der Waals surface area (Å²) in [5.74, 6) is 1.04. The Morgan fingerprint density at radius 3 is 2.96 bits per heavy atom. The summed E-state index contributed by atoms with van der Waals surface area (Å²) >= 11 is 0. The molecule has 0 radical (unpaired) electrons. The van der Waals surface area contributed by atoms with Crippen LogP contribution in [-0.2, 0) is 6.42 Å². The summed E-state index contributed by atoms with van der Waals surface area (Å²) in [6.45, 7) is 1.54. The summed E-state index contributed by atoms with van der Waals surface area (Å²) in [5.41, 5.74) is 8.91. The van der Waals surface area contributed by atoms with Crippen molar-refractivity contribution < 1.29 is 4.79 Å². The smallest absolute Gasteiger partial charge is 0.253 e. The number of rotatable bonds is 3. The quantitative estimate of drug-likeness (QED) is 0.763. The van der Waals surface area contributed by atoms with Gasteiger partial charge in [-0.2, -0.15) is 15.4 Å². The number of amides is 1. The predicted molar refractivity (Wildman–Crippen MR) is 90.3 cm³/mol. The van der Waals surface area contributed by atoms with Gasteiger partial charge >= 0.3 is 0 Å². The highest BCUT2D eigenvalue weighted by Gasteiger charge is 2.27. The van der Waals surface area contributed by atoms with Crippen molar-refractivity contribution in [2.24, 2.45) is 5.92 Å². The first-order valence-electron chi connectivity index (χ1n) is 7.99. The number of H-pyrrole nitrogens is 1. The van der Waals surface area contributed by atoms with Gasteiger partial charge in [0.2, 0.25) is 0 Å². The average Bonchev–Trinajstić information content (AvgIpc) is 3.24. The van der Waals surface area contributed by atoms with E-state index in [4.69, 9.17) is 5.73 Å². The second-order valence-electron chi connectivity index (χ2n) is 6.23. The number of pyridine rings is 1. The molecule has 2 aromatic heterocycles. The van der Waals surface area contributed by atoms with Gasteiger partial charge in [0.1, 0.15) is 16.9 Å². The highest BCUT2D eigenvalue weighted by molar-refractivity contribution is 5.97. The monoisotopic (exact) mass is 322 g/mol. The van der Waals surface area contributed by atoms with Crippen molar-refractivity contribution in [2.45, 2.75) is 12.8 Å². The van der Waals surface area contributed by atoms with Gasteiger partial charge in [0, 0.05) is 24.8 Å². The lowest BCUT2D eigenvalue weighted by Crippen LogP contribution is -2.28. The Kier molecular flexibility index (Phi) is 3.60. The zero-order valence-electron chi connectivity index (χ0n) is 13.1. The number of nitrogens with one attached hydrogen (secondary N) is 1. The number of nitrogen functional groups attached to an aromatic ring is 1. The van der Waals surface area contributed by atoms with Gasteiger partial charge in [-0.1, -0.05) is 6.07 Å². The lowest BCUT2D eigenvalue weighted by Gasteiger charge is -2.16. The van der Waals surface area contributed by atoms with Crippen LogP contribution in [0.1, 0.15) is 22.3 Å². The van der Waals surface area contributed by atoms with E-state index in [2.05, 4.69) is 20.4 Å². The Bertz CT molecular complexity index is 872. The fraction of sp³-hybridized carbons (Fsp3) is 0.294. The topological polar surface area (TPSA) is 101 Å². The molecule has 1 aromatic carbocycles. The minimum atomic E-state index is 0.0535. The standard InChI is InChI=1S/C17H18N6O/c18-16-4-1-11(9-19-16)7-12-5-6-23(10-12)17(24)13-2-3-14-15(8-13)21-22-20-14/h1-4,8-9,12H,5-7,10H2,(H2,18,19)(H,20,21,22). The van der Waals surface area contributed by atoms with E-state index in [0.29, 0.717) is 22.8 Å². The minimum absolute atomic E-state index is 0.0535. The van der Waals surface area contributed by atoms with E-state index in [0.717, 1.165) is 37.0 Å². The number of fused-ring (bicyclic) bond motifs is 1. The van der Waals surface area contributed by atoms with Gasteiger partial charge in [-0.15, -0.1) is 0 Å². The number of aromatic amines is 1. The Hall–Kier alpha value is -2.96. The molecule has 1 atom stereocenters. The fourth-order valence-corrected chi connectivity index (χ4v) is 3.23. The first-order valence-corrected chi connectivity index (χ1v) is 7.99. The third kappa shape index (κ3) is 2.80. The molecule has 4 rings (SSSR count). The molecule has 1 unspecified atom stereocenters. The highest BCUT2D eigenvalue weighted by atomic mass is 16.2. The van der Waals surface area contributed by atoms with Crippen LogP contribution in [0.15, 0.2) is 36.5 Å². The molecule has 1 amide bonds. The van der Waals surface area contributed by atoms with Crippen molar-refractivity contribution in [3.63, 3.8) is 0 Å². The maximum absolute atomic E-state index is 12.7. The predicted octanol–water partition coefficient (Wildman–Crippen LogP) is 1.64. The van der Waals surface area contributed by atoms with Crippen LogP contribution >= 0.6 is 0 Å². The van der Waals surface area contributed by atoms with Crippen molar-refractivity contribution in [3.8, 4) is 0 Å². The van der Waals surface area contributed by atoms with Crippen LogP contribution in [0.25, 0.3) is 11.0 Å². The summed E-state index contributed by atoms with van der Waals surface area (Å²) in [4.78, 5) is 18.7. The third-order valence-corrected chi connectivity index (χ3v) is 4.51. The number of nitrogens with zero attached hydrogens (tertiary/aromatic N) is 4. The van der Waals surface area contributed by atoms with E-state index in [1.807, 2.05) is 35.4 Å². The summed E-state index contributed by atoms with van der Waals surface area (Å²) in [7, 11) is 0. The van der Waals surface area contributed by atoms with Crippen molar-refractivity contribution in [1.82, 2.24) is 25.3 Å². The van der Waals surface area contributed by atoms with Crippen molar-refractivity contribution in [3.05, 3.63) is 47.7 Å². The molecule has 7 heteroatoms. The lowest BCUT2D eigenvalue weighted by atomic mass is 10.00. The number of benzene rings is 1. The number of carbonyl (C=O) groups is 1. The van der Waals surface area contributed by atoms with Gasteiger partial charge < -0.3 is 10.6 Å². The maximum Gasteiger partial charge on any atom is 0.253 e. The number of nitrogens with two attached hydrogens (primary N) is 1. The van der Waals surface area contributed by atoms with Gasteiger partial charge in [0.15, 0.2) is 0 Å². The number of likely N-dealkylation sites (tertiary alicyclic amines) is 1. The lowest BCUT2D eigenvalue weighted by molar-refractivity contribution is 0.0787.